The number of nitrogens with zero attached hydrogens (tertiary/aromatic N) is 1. The molecule has 18 heavy (non-hydrogen) atoms. The maximum Gasteiger partial charge on any atom is 0.0273 e. The van der Waals surface area contributed by atoms with Crippen LogP contribution in [0.25, 0.3) is 6.08 Å². The third kappa shape index (κ3) is 4.61. The molecule has 2 rings (SSSR count). The van der Waals surface area contributed by atoms with Crippen LogP contribution in [0.5, 0.6) is 0 Å². The number of hydrogen-bond acceptors (Lipinski definition) is 2. The van der Waals surface area contributed by atoms with Crippen molar-refractivity contribution in [1.29, 1.82) is 0 Å². The molecule has 0 unspecified atom stereocenters. The van der Waals surface area contributed by atoms with Crippen molar-refractivity contribution >= 4 is 6.08 Å². The van der Waals surface area contributed by atoms with Gasteiger partial charge in [-0.1, -0.05) is 31.9 Å². The predicted molar refractivity (Wildman–Crippen MR) is 77.3 cm³/mol. The second kappa shape index (κ2) is 7.32. The summed E-state index contributed by atoms with van der Waals surface area (Å²) in [4.78, 5) is 4.01. The van der Waals surface area contributed by atoms with Crippen molar-refractivity contribution in [2.75, 3.05) is 13.1 Å². The number of pyridine rings is 1. The van der Waals surface area contributed by atoms with Crippen molar-refractivity contribution in [1.82, 2.24) is 10.3 Å². The summed E-state index contributed by atoms with van der Waals surface area (Å²) in [5.74, 6) is 1.85. The Hall–Kier alpha value is -1.15. The lowest BCUT2D eigenvalue weighted by atomic mass is 9.83. The van der Waals surface area contributed by atoms with E-state index in [0.717, 1.165) is 18.4 Å². The van der Waals surface area contributed by atoms with E-state index in [1.165, 1.54) is 37.8 Å². The van der Waals surface area contributed by atoms with Crippen LogP contribution in [0.3, 0.4) is 0 Å². The Morgan fingerprint density at radius 3 is 2.67 bits per heavy atom. The second-order valence-electron chi connectivity index (χ2n) is 5.47. The van der Waals surface area contributed by atoms with Crippen molar-refractivity contribution in [3.63, 3.8) is 0 Å². The molecule has 0 aromatic carbocycles. The Morgan fingerprint density at radius 2 is 1.94 bits per heavy atom. The van der Waals surface area contributed by atoms with E-state index in [9.17, 15) is 0 Å². The van der Waals surface area contributed by atoms with Gasteiger partial charge >= 0.3 is 0 Å². The van der Waals surface area contributed by atoms with Gasteiger partial charge < -0.3 is 5.32 Å². The van der Waals surface area contributed by atoms with E-state index in [-0.39, 0.29) is 0 Å². The van der Waals surface area contributed by atoms with Crippen molar-refractivity contribution < 1.29 is 0 Å². The molecule has 1 heterocycles. The predicted octanol–water partition coefficient (Wildman–Crippen LogP) is 3.51. The van der Waals surface area contributed by atoms with Crippen LogP contribution in [0.2, 0.25) is 0 Å². The molecule has 0 bridgehead atoms. The first-order valence-electron chi connectivity index (χ1n) is 7.12. The molecule has 1 aliphatic carbocycles. The molecule has 0 atom stereocenters. The van der Waals surface area contributed by atoms with Crippen molar-refractivity contribution in [3.8, 4) is 0 Å². The Bertz CT molecular complexity index is 351. The van der Waals surface area contributed by atoms with Crippen LogP contribution in [-0.4, -0.2) is 18.1 Å². The monoisotopic (exact) mass is 244 g/mol. The van der Waals surface area contributed by atoms with Crippen LogP contribution >= 0.6 is 0 Å². The third-order valence-electron chi connectivity index (χ3n) is 3.85. The summed E-state index contributed by atoms with van der Waals surface area (Å²) >= 11 is 0. The molecule has 0 aliphatic heterocycles. The molecule has 1 N–H and O–H groups in total. The van der Waals surface area contributed by atoms with Crippen LogP contribution in [0, 0.1) is 11.8 Å². The van der Waals surface area contributed by atoms with Crippen LogP contribution in [0.4, 0.5) is 0 Å². The van der Waals surface area contributed by atoms with Crippen LogP contribution in [0.15, 0.2) is 30.6 Å². The highest BCUT2D eigenvalue weighted by Crippen LogP contribution is 2.27. The van der Waals surface area contributed by atoms with Gasteiger partial charge in [-0.15, -0.1) is 0 Å². The highest BCUT2D eigenvalue weighted by molar-refractivity contribution is 5.47. The van der Waals surface area contributed by atoms with Gasteiger partial charge in [0.1, 0.15) is 0 Å². The summed E-state index contributed by atoms with van der Waals surface area (Å²) in [7, 11) is 0. The van der Waals surface area contributed by atoms with Crippen LogP contribution < -0.4 is 5.32 Å². The van der Waals surface area contributed by atoms with Gasteiger partial charge in [-0.3, -0.25) is 4.98 Å². The minimum atomic E-state index is 0.899. The first kappa shape index (κ1) is 13.3. The van der Waals surface area contributed by atoms with Gasteiger partial charge in [0.25, 0.3) is 0 Å². The smallest absolute Gasteiger partial charge is 0.0273 e. The van der Waals surface area contributed by atoms with Gasteiger partial charge in [0.05, 0.1) is 0 Å². The van der Waals surface area contributed by atoms with E-state index >= 15 is 0 Å². The maximum absolute atomic E-state index is 4.01. The number of rotatable bonds is 5. The number of aromatic nitrogens is 1. The van der Waals surface area contributed by atoms with E-state index in [1.54, 1.807) is 0 Å². The highest BCUT2D eigenvalue weighted by Gasteiger charge is 2.17. The van der Waals surface area contributed by atoms with E-state index in [0.29, 0.717) is 0 Å². The Kier molecular flexibility index (Phi) is 5.40. The normalized spacial score (nSPS) is 24.5. The van der Waals surface area contributed by atoms with Crippen molar-refractivity contribution in [2.24, 2.45) is 11.8 Å². The zero-order chi connectivity index (χ0) is 12.6. The molecular formula is C16H24N2. The lowest BCUT2D eigenvalue weighted by Gasteiger charge is -2.26. The fourth-order valence-electron chi connectivity index (χ4n) is 2.57. The van der Waals surface area contributed by atoms with Gasteiger partial charge in [0.2, 0.25) is 0 Å². The van der Waals surface area contributed by atoms with Crippen LogP contribution in [0.1, 0.15) is 38.2 Å². The highest BCUT2D eigenvalue weighted by atomic mass is 14.8. The quantitative estimate of drug-likeness (QED) is 0.802. The fourth-order valence-corrected chi connectivity index (χ4v) is 2.57. The van der Waals surface area contributed by atoms with E-state index < -0.39 is 0 Å². The zero-order valence-corrected chi connectivity index (χ0v) is 11.3. The largest absolute Gasteiger partial charge is 0.313 e. The molecule has 1 fully saturated rings. The van der Waals surface area contributed by atoms with Gasteiger partial charge in [-0.05, 0) is 48.9 Å². The molecule has 1 aliphatic rings. The number of nitrogens with one attached hydrogen (secondary N) is 1. The summed E-state index contributed by atoms with van der Waals surface area (Å²) in [5.41, 5.74) is 1.22. The summed E-state index contributed by atoms with van der Waals surface area (Å²) in [5, 5.41) is 3.54. The molecular weight excluding hydrogens is 220 g/mol. The molecule has 2 nitrogen and oxygen atoms in total. The van der Waals surface area contributed by atoms with Gasteiger partial charge in [-0.25, -0.2) is 0 Å². The molecule has 1 aromatic heterocycles. The summed E-state index contributed by atoms with van der Waals surface area (Å²) in [6.07, 6.45) is 13.6. The summed E-state index contributed by atoms with van der Waals surface area (Å²) in [6, 6.07) is 4.05. The molecule has 0 amide bonds. The van der Waals surface area contributed by atoms with Gasteiger partial charge in [0.15, 0.2) is 0 Å². The maximum atomic E-state index is 4.01. The average molecular weight is 244 g/mol. The van der Waals surface area contributed by atoms with Crippen LogP contribution in [-0.2, 0) is 0 Å². The van der Waals surface area contributed by atoms with E-state index in [4.69, 9.17) is 0 Å². The Morgan fingerprint density at radius 1 is 1.22 bits per heavy atom. The molecule has 0 radical (unpaired) electrons. The molecule has 98 valence electrons. The molecule has 2 heteroatoms. The minimum absolute atomic E-state index is 0.899. The first-order valence-corrected chi connectivity index (χ1v) is 7.12. The molecule has 1 aromatic rings. The third-order valence-corrected chi connectivity index (χ3v) is 3.85. The SMILES string of the molecule is CC1CCC(CNC/C=C/c2ccncc2)CC1. The average Bonchev–Trinajstić information content (AvgIpc) is 2.42. The van der Waals surface area contributed by atoms with E-state index in [2.05, 4.69) is 29.4 Å². The minimum Gasteiger partial charge on any atom is -0.313 e. The lowest BCUT2D eigenvalue weighted by molar-refractivity contribution is 0.284. The Labute approximate surface area is 111 Å². The van der Waals surface area contributed by atoms with Crippen molar-refractivity contribution in [3.05, 3.63) is 36.2 Å². The summed E-state index contributed by atoms with van der Waals surface area (Å²) < 4.78 is 0. The first-order chi connectivity index (χ1) is 8.84. The zero-order valence-electron chi connectivity index (χ0n) is 11.3. The molecule has 0 saturated heterocycles. The second-order valence-corrected chi connectivity index (χ2v) is 5.47. The lowest BCUT2D eigenvalue weighted by Crippen LogP contribution is -2.26. The number of hydrogen-bond donors (Lipinski definition) is 1. The molecule has 0 spiro atoms. The Balaban J connectivity index is 1.60. The molecule has 1 saturated carbocycles. The van der Waals surface area contributed by atoms with E-state index in [1.807, 2.05) is 24.5 Å². The van der Waals surface area contributed by atoms with Gasteiger partial charge in [0, 0.05) is 18.9 Å². The fraction of sp³-hybridized carbons (Fsp3) is 0.562. The summed E-state index contributed by atoms with van der Waals surface area (Å²) in [6.45, 7) is 4.52. The van der Waals surface area contributed by atoms with Crippen molar-refractivity contribution in [2.45, 2.75) is 32.6 Å². The van der Waals surface area contributed by atoms with Gasteiger partial charge in [-0.2, -0.15) is 0 Å². The standard InChI is InChI=1S/C16H24N2/c1-14-4-6-16(7-5-14)13-18-10-2-3-15-8-11-17-12-9-15/h2-3,8-9,11-12,14,16,18H,4-7,10,13H2,1H3/b3-2+. The topological polar surface area (TPSA) is 24.9 Å².